The summed E-state index contributed by atoms with van der Waals surface area (Å²) in [6, 6.07) is 0.382. The molecular weight excluding hydrogens is 190 g/mol. The Morgan fingerprint density at radius 3 is 2.33 bits per heavy atom. The van der Waals surface area contributed by atoms with Crippen molar-refractivity contribution in [1.82, 2.24) is 4.90 Å². The molecule has 0 amide bonds. The third kappa shape index (κ3) is 2.58. The maximum absolute atomic E-state index is 12.1. The SMILES string of the molecule is CO[C@H]1CCN(C(C)C)[C@@H]1C(=O)C(C)C. The first-order chi connectivity index (χ1) is 6.99. The number of nitrogens with zero attached hydrogens (tertiary/aromatic N) is 1. The summed E-state index contributed by atoms with van der Waals surface area (Å²) >= 11 is 0. The summed E-state index contributed by atoms with van der Waals surface area (Å²) in [7, 11) is 1.70. The van der Waals surface area contributed by atoms with E-state index in [0.717, 1.165) is 13.0 Å². The number of Topliss-reactive ketones (excluding diaryl/α,β-unsaturated/α-hetero) is 1. The van der Waals surface area contributed by atoms with Gasteiger partial charge in [0.1, 0.15) is 0 Å². The van der Waals surface area contributed by atoms with Crippen molar-refractivity contribution in [3.8, 4) is 0 Å². The van der Waals surface area contributed by atoms with Gasteiger partial charge in [-0.05, 0) is 20.3 Å². The summed E-state index contributed by atoms with van der Waals surface area (Å²) in [5.74, 6) is 0.403. The van der Waals surface area contributed by atoms with Crippen LogP contribution in [0.2, 0.25) is 0 Å². The largest absolute Gasteiger partial charge is 0.379 e. The van der Waals surface area contributed by atoms with Crippen LogP contribution in [0.4, 0.5) is 0 Å². The standard InChI is InChI=1S/C12H23NO2/c1-8(2)12(14)11-10(15-5)6-7-13(11)9(3)4/h8-11H,6-7H2,1-5H3/t10-,11-/m0/s1. The van der Waals surface area contributed by atoms with Gasteiger partial charge in [-0.15, -0.1) is 0 Å². The van der Waals surface area contributed by atoms with Crippen LogP contribution >= 0.6 is 0 Å². The zero-order valence-electron chi connectivity index (χ0n) is 10.5. The van der Waals surface area contributed by atoms with Gasteiger partial charge in [0.2, 0.25) is 0 Å². The molecule has 2 atom stereocenters. The fourth-order valence-electron chi connectivity index (χ4n) is 2.30. The van der Waals surface area contributed by atoms with Crippen molar-refractivity contribution in [3.05, 3.63) is 0 Å². The first-order valence-corrected chi connectivity index (χ1v) is 5.81. The maximum atomic E-state index is 12.1. The van der Waals surface area contributed by atoms with Crippen molar-refractivity contribution in [3.63, 3.8) is 0 Å². The van der Waals surface area contributed by atoms with Crippen molar-refractivity contribution in [2.45, 2.75) is 52.3 Å². The predicted octanol–water partition coefficient (Wildman–Crippen LogP) is 1.71. The molecule has 1 aliphatic heterocycles. The second kappa shape index (κ2) is 5.08. The van der Waals surface area contributed by atoms with Crippen LogP contribution in [0.3, 0.4) is 0 Å². The number of methoxy groups -OCH3 is 1. The number of hydrogen-bond donors (Lipinski definition) is 0. The average molecular weight is 213 g/mol. The van der Waals surface area contributed by atoms with Crippen molar-refractivity contribution in [2.24, 2.45) is 5.92 Å². The van der Waals surface area contributed by atoms with Crippen LogP contribution in [-0.4, -0.2) is 42.5 Å². The van der Waals surface area contributed by atoms with E-state index >= 15 is 0 Å². The van der Waals surface area contributed by atoms with Gasteiger partial charge in [-0.1, -0.05) is 13.8 Å². The number of rotatable bonds is 4. The molecule has 1 heterocycles. The highest BCUT2D eigenvalue weighted by Gasteiger charge is 2.40. The molecule has 0 saturated carbocycles. The summed E-state index contributed by atoms with van der Waals surface area (Å²) in [6.07, 6.45) is 1.06. The lowest BCUT2D eigenvalue weighted by Crippen LogP contribution is -2.47. The Hall–Kier alpha value is -0.410. The zero-order valence-corrected chi connectivity index (χ0v) is 10.5. The van der Waals surface area contributed by atoms with Gasteiger partial charge in [-0.25, -0.2) is 0 Å². The van der Waals surface area contributed by atoms with Crippen molar-refractivity contribution < 1.29 is 9.53 Å². The van der Waals surface area contributed by atoms with Crippen LogP contribution in [0.15, 0.2) is 0 Å². The molecule has 0 unspecified atom stereocenters. The fraction of sp³-hybridized carbons (Fsp3) is 0.917. The second-order valence-electron chi connectivity index (χ2n) is 4.90. The van der Waals surface area contributed by atoms with E-state index in [1.54, 1.807) is 7.11 Å². The lowest BCUT2D eigenvalue weighted by Gasteiger charge is -2.30. The van der Waals surface area contributed by atoms with E-state index in [1.165, 1.54) is 0 Å². The Morgan fingerprint density at radius 2 is 1.93 bits per heavy atom. The number of carbonyl (C=O) groups excluding carboxylic acids is 1. The first-order valence-electron chi connectivity index (χ1n) is 5.81. The molecular formula is C12H23NO2. The minimum atomic E-state index is -0.0324. The minimum absolute atomic E-state index is 0.0324. The highest BCUT2D eigenvalue weighted by atomic mass is 16.5. The molecule has 1 saturated heterocycles. The van der Waals surface area contributed by atoms with Gasteiger partial charge < -0.3 is 4.74 Å². The Labute approximate surface area is 92.8 Å². The number of ketones is 1. The average Bonchev–Trinajstić information content (AvgIpc) is 2.59. The summed E-state index contributed by atoms with van der Waals surface area (Å²) in [5.41, 5.74) is 0. The van der Waals surface area contributed by atoms with Crippen LogP contribution < -0.4 is 0 Å². The zero-order chi connectivity index (χ0) is 11.6. The van der Waals surface area contributed by atoms with E-state index in [-0.39, 0.29) is 18.1 Å². The summed E-state index contributed by atoms with van der Waals surface area (Å²) < 4.78 is 5.41. The lowest BCUT2D eigenvalue weighted by molar-refractivity contribution is -0.130. The van der Waals surface area contributed by atoms with Crippen LogP contribution in [0, 0.1) is 5.92 Å². The molecule has 0 bridgehead atoms. The number of likely N-dealkylation sites (tertiary alicyclic amines) is 1. The molecule has 0 aromatic carbocycles. The summed E-state index contributed by atoms with van der Waals surface area (Å²) in [5, 5.41) is 0. The Balaban J connectivity index is 2.81. The van der Waals surface area contributed by atoms with Crippen LogP contribution in [0.1, 0.15) is 34.1 Å². The Kier molecular flexibility index (Phi) is 4.29. The molecule has 3 nitrogen and oxygen atoms in total. The number of hydrogen-bond acceptors (Lipinski definition) is 3. The molecule has 1 fully saturated rings. The third-order valence-electron chi connectivity index (χ3n) is 3.21. The van der Waals surface area contributed by atoms with E-state index in [9.17, 15) is 4.79 Å². The highest BCUT2D eigenvalue weighted by Crippen LogP contribution is 2.25. The predicted molar refractivity (Wildman–Crippen MR) is 60.9 cm³/mol. The molecule has 1 rings (SSSR count). The molecule has 88 valence electrons. The molecule has 0 N–H and O–H groups in total. The number of ether oxygens (including phenoxy) is 1. The summed E-state index contributed by atoms with van der Waals surface area (Å²) in [4.78, 5) is 14.4. The molecule has 0 aromatic rings. The van der Waals surface area contributed by atoms with Gasteiger partial charge in [0.15, 0.2) is 5.78 Å². The Morgan fingerprint density at radius 1 is 1.33 bits per heavy atom. The third-order valence-corrected chi connectivity index (χ3v) is 3.21. The van der Waals surface area contributed by atoms with Gasteiger partial charge in [0.05, 0.1) is 12.1 Å². The van der Waals surface area contributed by atoms with Gasteiger partial charge in [-0.3, -0.25) is 9.69 Å². The molecule has 0 aliphatic carbocycles. The van der Waals surface area contributed by atoms with E-state index < -0.39 is 0 Å². The van der Waals surface area contributed by atoms with Crippen molar-refractivity contribution in [1.29, 1.82) is 0 Å². The first kappa shape index (κ1) is 12.7. The monoisotopic (exact) mass is 213 g/mol. The van der Waals surface area contributed by atoms with Gasteiger partial charge in [-0.2, -0.15) is 0 Å². The fourth-order valence-corrected chi connectivity index (χ4v) is 2.30. The van der Waals surface area contributed by atoms with E-state index in [4.69, 9.17) is 4.74 Å². The second-order valence-corrected chi connectivity index (χ2v) is 4.90. The molecule has 0 radical (unpaired) electrons. The Bertz CT molecular complexity index is 226. The van der Waals surface area contributed by atoms with Crippen LogP contribution in [0.25, 0.3) is 0 Å². The van der Waals surface area contributed by atoms with Crippen molar-refractivity contribution in [2.75, 3.05) is 13.7 Å². The maximum Gasteiger partial charge on any atom is 0.155 e. The van der Waals surface area contributed by atoms with Crippen LogP contribution in [-0.2, 0) is 9.53 Å². The van der Waals surface area contributed by atoms with E-state index in [1.807, 2.05) is 13.8 Å². The van der Waals surface area contributed by atoms with E-state index in [0.29, 0.717) is 11.8 Å². The molecule has 3 heteroatoms. The van der Waals surface area contributed by atoms with Gasteiger partial charge >= 0.3 is 0 Å². The summed E-state index contributed by atoms with van der Waals surface area (Å²) in [6.45, 7) is 9.17. The highest BCUT2D eigenvalue weighted by molar-refractivity contribution is 5.86. The quantitative estimate of drug-likeness (QED) is 0.712. The normalized spacial score (nSPS) is 27.9. The van der Waals surface area contributed by atoms with Crippen molar-refractivity contribution >= 4 is 5.78 Å². The molecule has 0 aromatic heterocycles. The molecule has 0 spiro atoms. The number of carbonyl (C=O) groups is 1. The smallest absolute Gasteiger partial charge is 0.155 e. The lowest BCUT2D eigenvalue weighted by atomic mass is 9.97. The molecule has 1 aliphatic rings. The van der Waals surface area contributed by atoms with E-state index in [2.05, 4.69) is 18.7 Å². The van der Waals surface area contributed by atoms with Gasteiger partial charge in [0, 0.05) is 25.6 Å². The topological polar surface area (TPSA) is 29.5 Å². The van der Waals surface area contributed by atoms with Crippen LogP contribution in [0.5, 0.6) is 0 Å². The molecule has 15 heavy (non-hydrogen) atoms. The minimum Gasteiger partial charge on any atom is -0.379 e. The van der Waals surface area contributed by atoms with Gasteiger partial charge in [0.25, 0.3) is 0 Å².